The lowest BCUT2D eigenvalue weighted by Crippen LogP contribution is -2.31. The van der Waals surface area contributed by atoms with Crippen molar-refractivity contribution in [3.63, 3.8) is 0 Å². The quantitative estimate of drug-likeness (QED) is 0.725. The Kier molecular flexibility index (Phi) is 5.40. The van der Waals surface area contributed by atoms with Gasteiger partial charge in [-0.25, -0.2) is 9.37 Å². The lowest BCUT2D eigenvalue weighted by molar-refractivity contribution is 0.0940. The predicted molar refractivity (Wildman–Crippen MR) is 98.5 cm³/mol. The van der Waals surface area contributed by atoms with Crippen LogP contribution in [-0.2, 0) is 7.05 Å². The van der Waals surface area contributed by atoms with Crippen LogP contribution in [0.25, 0.3) is 0 Å². The standard InChI is InChI=1S/C20H20FN3O3/c1-24-10-9-22-19(24)18(13-5-4-6-15(11-13)26-2)23-20(25)14-7-8-17(27-3)16(21)12-14/h4-12,18H,1-3H3,(H,23,25)/t18-/m0/s1. The van der Waals surface area contributed by atoms with E-state index in [9.17, 15) is 9.18 Å². The van der Waals surface area contributed by atoms with Crippen LogP contribution in [0.15, 0.2) is 54.9 Å². The highest BCUT2D eigenvalue weighted by atomic mass is 19.1. The minimum atomic E-state index is -0.597. The molecule has 0 aliphatic carbocycles. The number of aryl methyl sites for hydroxylation is 1. The van der Waals surface area contributed by atoms with Crippen LogP contribution in [0.1, 0.15) is 27.8 Å². The van der Waals surface area contributed by atoms with Gasteiger partial charge in [-0.2, -0.15) is 0 Å². The van der Waals surface area contributed by atoms with Crippen molar-refractivity contribution in [3.8, 4) is 11.5 Å². The average molecular weight is 369 g/mol. The van der Waals surface area contributed by atoms with Gasteiger partial charge in [-0.05, 0) is 35.9 Å². The van der Waals surface area contributed by atoms with Gasteiger partial charge >= 0.3 is 0 Å². The maximum atomic E-state index is 14.0. The highest BCUT2D eigenvalue weighted by molar-refractivity contribution is 5.94. The second-order valence-corrected chi connectivity index (χ2v) is 5.93. The lowest BCUT2D eigenvalue weighted by atomic mass is 10.0. The van der Waals surface area contributed by atoms with E-state index in [1.807, 2.05) is 35.9 Å². The number of imidazole rings is 1. The first-order valence-electron chi connectivity index (χ1n) is 8.29. The van der Waals surface area contributed by atoms with E-state index in [1.165, 1.54) is 19.2 Å². The molecule has 3 aromatic rings. The van der Waals surface area contributed by atoms with Crippen LogP contribution in [-0.4, -0.2) is 29.7 Å². The number of rotatable bonds is 6. The van der Waals surface area contributed by atoms with E-state index in [4.69, 9.17) is 9.47 Å². The Morgan fingerprint density at radius 1 is 1.19 bits per heavy atom. The van der Waals surface area contributed by atoms with Crippen LogP contribution in [0, 0.1) is 5.82 Å². The molecule has 0 aliphatic heterocycles. The number of nitrogens with zero attached hydrogens (tertiary/aromatic N) is 2. The van der Waals surface area contributed by atoms with Crippen molar-refractivity contribution < 1.29 is 18.7 Å². The summed E-state index contributed by atoms with van der Waals surface area (Å²) in [5.74, 6) is 0.370. The summed E-state index contributed by atoms with van der Waals surface area (Å²) in [4.78, 5) is 17.1. The van der Waals surface area contributed by atoms with Crippen LogP contribution < -0.4 is 14.8 Å². The minimum Gasteiger partial charge on any atom is -0.497 e. The molecule has 0 aliphatic rings. The molecule has 1 N–H and O–H groups in total. The zero-order chi connectivity index (χ0) is 19.4. The third kappa shape index (κ3) is 3.92. The Labute approximate surface area is 156 Å². The van der Waals surface area contributed by atoms with Gasteiger partial charge in [-0.1, -0.05) is 12.1 Å². The van der Waals surface area contributed by atoms with Crippen molar-refractivity contribution in [2.45, 2.75) is 6.04 Å². The van der Waals surface area contributed by atoms with Gasteiger partial charge in [0.25, 0.3) is 5.91 Å². The Balaban J connectivity index is 1.95. The molecule has 1 heterocycles. The van der Waals surface area contributed by atoms with Gasteiger partial charge < -0.3 is 19.4 Å². The molecule has 27 heavy (non-hydrogen) atoms. The fourth-order valence-electron chi connectivity index (χ4n) is 2.80. The highest BCUT2D eigenvalue weighted by Gasteiger charge is 2.22. The van der Waals surface area contributed by atoms with E-state index in [0.717, 1.165) is 11.6 Å². The molecular weight excluding hydrogens is 349 g/mol. The summed E-state index contributed by atoms with van der Waals surface area (Å²) in [5.41, 5.74) is 0.987. The van der Waals surface area contributed by atoms with Gasteiger partial charge in [-0.3, -0.25) is 4.79 Å². The van der Waals surface area contributed by atoms with Gasteiger partial charge in [0.15, 0.2) is 11.6 Å². The number of aromatic nitrogens is 2. The zero-order valence-corrected chi connectivity index (χ0v) is 15.3. The number of nitrogens with one attached hydrogen (secondary N) is 1. The number of hydrogen-bond acceptors (Lipinski definition) is 4. The smallest absolute Gasteiger partial charge is 0.252 e. The Morgan fingerprint density at radius 2 is 2.00 bits per heavy atom. The number of methoxy groups -OCH3 is 2. The number of ether oxygens (including phenoxy) is 2. The summed E-state index contributed by atoms with van der Waals surface area (Å²) in [6, 6.07) is 10.9. The maximum Gasteiger partial charge on any atom is 0.252 e. The molecule has 2 aromatic carbocycles. The summed E-state index contributed by atoms with van der Waals surface area (Å²) in [6.45, 7) is 0. The molecular formula is C20H20FN3O3. The van der Waals surface area contributed by atoms with Crippen LogP contribution in [0.2, 0.25) is 0 Å². The predicted octanol–water partition coefficient (Wildman–Crippen LogP) is 3.10. The van der Waals surface area contributed by atoms with Crippen molar-refractivity contribution in [3.05, 3.63) is 77.6 Å². The van der Waals surface area contributed by atoms with E-state index in [-0.39, 0.29) is 11.3 Å². The monoisotopic (exact) mass is 369 g/mol. The van der Waals surface area contributed by atoms with E-state index in [2.05, 4.69) is 10.3 Å². The molecule has 0 fully saturated rings. The number of amides is 1. The molecule has 0 radical (unpaired) electrons. The second-order valence-electron chi connectivity index (χ2n) is 5.93. The van der Waals surface area contributed by atoms with Gasteiger partial charge in [-0.15, -0.1) is 0 Å². The number of benzene rings is 2. The summed E-state index contributed by atoms with van der Waals surface area (Å²) in [7, 11) is 4.79. The Morgan fingerprint density at radius 3 is 2.63 bits per heavy atom. The number of carbonyl (C=O) groups excluding carboxylic acids is 1. The van der Waals surface area contributed by atoms with E-state index in [1.54, 1.807) is 19.5 Å². The summed E-state index contributed by atoms with van der Waals surface area (Å²) in [5, 5.41) is 2.92. The van der Waals surface area contributed by atoms with Gasteiger partial charge in [0.05, 0.1) is 14.2 Å². The van der Waals surface area contributed by atoms with Gasteiger partial charge in [0.2, 0.25) is 0 Å². The van der Waals surface area contributed by atoms with Crippen LogP contribution in [0.4, 0.5) is 4.39 Å². The molecule has 3 rings (SSSR count). The summed E-state index contributed by atoms with van der Waals surface area (Å²) < 4.78 is 26.0. The first kappa shape index (κ1) is 18.4. The van der Waals surface area contributed by atoms with E-state index < -0.39 is 17.8 Å². The van der Waals surface area contributed by atoms with Crippen molar-refractivity contribution >= 4 is 5.91 Å². The van der Waals surface area contributed by atoms with E-state index in [0.29, 0.717) is 11.6 Å². The van der Waals surface area contributed by atoms with Crippen molar-refractivity contribution in [2.24, 2.45) is 7.05 Å². The maximum absolute atomic E-state index is 14.0. The molecule has 1 aromatic heterocycles. The van der Waals surface area contributed by atoms with Gasteiger partial charge in [0.1, 0.15) is 17.6 Å². The summed E-state index contributed by atoms with van der Waals surface area (Å²) in [6.07, 6.45) is 3.45. The molecule has 1 atom stereocenters. The third-order valence-electron chi connectivity index (χ3n) is 4.23. The van der Waals surface area contributed by atoms with Crippen molar-refractivity contribution in [2.75, 3.05) is 14.2 Å². The topological polar surface area (TPSA) is 65.4 Å². The number of halogens is 1. The first-order valence-corrected chi connectivity index (χ1v) is 8.29. The molecule has 6 nitrogen and oxygen atoms in total. The average Bonchev–Trinajstić information content (AvgIpc) is 3.11. The molecule has 0 bridgehead atoms. The Hall–Kier alpha value is -3.35. The molecule has 7 heteroatoms. The normalized spacial score (nSPS) is 11.7. The fourth-order valence-corrected chi connectivity index (χ4v) is 2.80. The molecule has 0 unspecified atom stereocenters. The first-order chi connectivity index (χ1) is 13.0. The largest absolute Gasteiger partial charge is 0.497 e. The molecule has 0 spiro atoms. The van der Waals surface area contributed by atoms with Crippen molar-refractivity contribution in [1.29, 1.82) is 0 Å². The van der Waals surface area contributed by atoms with Crippen LogP contribution in [0.3, 0.4) is 0 Å². The number of carbonyl (C=O) groups is 1. The Bertz CT molecular complexity index is 955. The van der Waals surface area contributed by atoms with Crippen molar-refractivity contribution in [1.82, 2.24) is 14.9 Å². The minimum absolute atomic E-state index is 0.0833. The van der Waals surface area contributed by atoms with Crippen LogP contribution in [0.5, 0.6) is 11.5 Å². The molecule has 0 saturated carbocycles. The summed E-state index contributed by atoms with van der Waals surface area (Å²) >= 11 is 0. The van der Waals surface area contributed by atoms with Crippen LogP contribution >= 0.6 is 0 Å². The fraction of sp³-hybridized carbons (Fsp3) is 0.200. The second kappa shape index (κ2) is 7.90. The van der Waals surface area contributed by atoms with E-state index >= 15 is 0 Å². The molecule has 0 saturated heterocycles. The molecule has 140 valence electrons. The van der Waals surface area contributed by atoms with Gasteiger partial charge in [0, 0.05) is 25.0 Å². The highest BCUT2D eigenvalue weighted by Crippen LogP contribution is 2.25. The zero-order valence-electron chi connectivity index (χ0n) is 15.3. The lowest BCUT2D eigenvalue weighted by Gasteiger charge is -2.20. The third-order valence-corrected chi connectivity index (χ3v) is 4.23. The SMILES string of the molecule is COc1cccc([C@H](NC(=O)c2ccc(OC)c(F)c2)c2nccn2C)c1. The molecule has 1 amide bonds. The number of hydrogen-bond donors (Lipinski definition) is 1.